The van der Waals surface area contributed by atoms with Gasteiger partial charge in [-0.1, -0.05) is 49.0 Å². The number of hydrogen-bond acceptors (Lipinski definition) is 0. The maximum Gasteiger partial charge on any atom is 0.174 e. The first-order chi connectivity index (χ1) is 15.1. The Labute approximate surface area is 185 Å². The van der Waals surface area contributed by atoms with Gasteiger partial charge in [0.15, 0.2) is 11.6 Å². The highest BCUT2D eigenvalue weighted by atomic mass is 19.2. The van der Waals surface area contributed by atoms with Crippen molar-refractivity contribution in [3.63, 3.8) is 0 Å². The first-order valence-corrected chi connectivity index (χ1v) is 11.8. The van der Waals surface area contributed by atoms with Crippen molar-refractivity contribution < 1.29 is 8.78 Å². The summed E-state index contributed by atoms with van der Waals surface area (Å²) >= 11 is 0. The topological polar surface area (TPSA) is 0 Å². The summed E-state index contributed by atoms with van der Waals surface area (Å²) in [6.07, 6.45) is 16.2. The Morgan fingerprint density at radius 3 is 2.58 bits per heavy atom. The van der Waals surface area contributed by atoms with Gasteiger partial charge in [-0.3, -0.25) is 0 Å². The Bertz CT molecular complexity index is 984. The number of benzene rings is 2. The van der Waals surface area contributed by atoms with Gasteiger partial charge in [-0.15, -0.1) is 0 Å². The van der Waals surface area contributed by atoms with Gasteiger partial charge >= 0.3 is 0 Å². The van der Waals surface area contributed by atoms with E-state index in [2.05, 4.69) is 43.0 Å². The van der Waals surface area contributed by atoms with Crippen LogP contribution in [-0.4, -0.2) is 0 Å². The number of fused-ring (bicyclic) bond motifs is 1. The summed E-state index contributed by atoms with van der Waals surface area (Å²) < 4.78 is 27.2. The molecule has 0 aliphatic heterocycles. The van der Waals surface area contributed by atoms with E-state index < -0.39 is 11.6 Å². The predicted octanol–water partition coefficient (Wildman–Crippen LogP) is 7.63. The summed E-state index contributed by atoms with van der Waals surface area (Å²) in [6, 6.07) is 10.5. The molecule has 2 aromatic carbocycles. The largest absolute Gasteiger partial charge is 0.204 e. The maximum atomic E-state index is 13.8. The highest BCUT2D eigenvalue weighted by molar-refractivity contribution is 5.46. The van der Waals surface area contributed by atoms with Crippen LogP contribution in [0.25, 0.3) is 0 Å². The summed E-state index contributed by atoms with van der Waals surface area (Å²) in [4.78, 5) is 0. The Morgan fingerprint density at radius 1 is 0.935 bits per heavy atom. The van der Waals surface area contributed by atoms with Crippen molar-refractivity contribution in [3.05, 3.63) is 82.4 Å². The molecule has 31 heavy (non-hydrogen) atoms. The van der Waals surface area contributed by atoms with Gasteiger partial charge in [0.1, 0.15) is 0 Å². The molecule has 0 radical (unpaired) electrons. The van der Waals surface area contributed by atoms with Crippen LogP contribution in [0.4, 0.5) is 8.78 Å². The molecule has 1 atom stereocenters. The monoisotopic (exact) mass is 418 g/mol. The lowest BCUT2D eigenvalue weighted by Gasteiger charge is -2.36. The fourth-order valence-electron chi connectivity index (χ4n) is 5.45. The summed E-state index contributed by atoms with van der Waals surface area (Å²) in [5.41, 5.74) is 3.82. The molecule has 0 N–H and O–H groups in total. The van der Waals surface area contributed by atoms with Crippen LogP contribution in [-0.2, 0) is 12.8 Å². The van der Waals surface area contributed by atoms with E-state index in [-0.39, 0.29) is 5.56 Å². The molecule has 1 unspecified atom stereocenters. The lowest BCUT2D eigenvalue weighted by molar-refractivity contribution is 0.185. The van der Waals surface area contributed by atoms with Gasteiger partial charge < -0.3 is 0 Å². The van der Waals surface area contributed by atoms with E-state index in [1.54, 1.807) is 0 Å². The highest BCUT2D eigenvalue weighted by Gasteiger charge is 2.30. The van der Waals surface area contributed by atoms with Crippen LogP contribution >= 0.6 is 0 Å². The van der Waals surface area contributed by atoms with Crippen LogP contribution < -0.4 is 0 Å². The molecule has 0 spiro atoms. The molecule has 0 bridgehead atoms. The second-order valence-electron chi connectivity index (χ2n) is 9.26. The smallest absolute Gasteiger partial charge is 0.174 e. The van der Waals surface area contributed by atoms with Gasteiger partial charge in [0.05, 0.1) is 5.56 Å². The minimum atomic E-state index is -0.868. The Kier molecular flexibility index (Phi) is 7.23. The molecule has 0 saturated heterocycles. The molecule has 2 aliphatic rings. The quantitative estimate of drug-likeness (QED) is 0.354. The van der Waals surface area contributed by atoms with Crippen molar-refractivity contribution in [2.24, 2.45) is 17.8 Å². The van der Waals surface area contributed by atoms with Crippen molar-refractivity contribution in [1.29, 1.82) is 0 Å². The van der Waals surface area contributed by atoms with Crippen LogP contribution in [0, 0.1) is 41.2 Å². The number of halogens is 2. The zero-order valence-corrected chi connectivity index (χ0v) is 18.5. The summed E-state index contributed by atoms with van der Waals surface area (Å²) in [7, 11) is 0. The molecule has 2 aromatic rings. The molecule has 4 rings (SSSR count). The molecule has 0 nitrogen and oxygen atoms in total. The summed E-state index contributed by atoms with van der Waals surface area (Å²) in [5, 5.41) is 0. The zero-order chi connectivity index (χ0) is 21.6. The van der Waals surface area contributed by atoms with Crippen LogP contribution in [0.3, 0.4) is 0 Å². The van der Waals surface area contributed by atoms with Crippen molar-refractivity contribution in [2.75, 3.05) is 0 Å². The lowest BCUT2D eigenvalue weighted by Crippen LogP contribution is -2.26. The minimum absolute atomic E-state index is 0.110. The normalized spacial score (nSPS) is 23.3. The van der Waals surface area contributed by atoms with Gasteiger partial charge in [-0.25, -0.2) is 8.78 Å². The predicted molar refractivity (Wildman–Crippen MR) is 124 cm³/mol. The fraction of sp³-hybridized carbons (Fsp3) is 0.448. The van der Waals surface area contributed by atoms with Crippen molar-refractivity contribution in [3.8, 4) is 11.8 Å². The van der Waals surface area contributed by atoms with Gasteiger partial charge in [0.2, 0.25) is 0 Å². The van der Waals surface area contributed by atoms with E-state index in [0.29, 0.717) is 0 Å². The SMILES string of the molecule is C/C=C/CCC1CCC(C2CCc3cc(C#Cc4cccc(F)c4F)ccc3C2)CC1. The second-order valence-corrected chi connectivity index (χ2v) is 9.26. The highest BCUT2D eigenvalue weighted by Crippen LogP contribution is 2.40. The molecule has 0 amide bonds. The van der Waals surface area contributed by atoms with Crippen LogP contribution in [0.1, 0.15) is 74.1 Å². The van der Waals surface area contributed by atoms with Gasteiger partial charge in [-0.05, 0) is 105 Å². The molecule has 162 valence electrons. The molecule has 1 saturated carbocycles. The van der Waals surface area contributed by atoms with E-state index in [1.807, 2.05) is 6.07 Å². The average molecular weight is 419 g/mol. The molecule has 2 heteroatoms. The van der Waals surface area contributed by atoms with E-state index >= 15 is 0 Å². The Morgan fingerprint density at radius 2 is 1.77 bits per heavy atom. The lowest BCUT2D eigenvalue weighted by atomic mass is 9.69. The second kappa shape index (κ2) is 10.3. The van der Waals surface area contributed by atoms with Crippen LogP contribution in [0.15, 0.2) is 48.6 Å². The van der Waals surface area contributed by atoms with Crippen molar-refractivity contribution in [1.82, 2.24) is 0 Å². The number of rotatable bonds is 4. The molecular weight excluding hydrogens is 386 g/mol. The van der Waals surface area contributed by atoms with E-state index in [4.69, 9.17) is 0 Å². The standard InChI is InChI=1S/C29H32F2/c1-2-3-4-6-21-9-13-23(14-10-21)26-18-17-25-19-22(12-16-27(25)20-26)11-15-24-7-5-8-28(30)29(24)31/h2-3,5,7-8,12,16,19,21,23,26H,4,6,9-10,13-14,17-18,20H2,1H3/b3-2+. The fourth-order valence-corrected chi connectivity index (χ4v) is 5.45. The third-order valence-electron chi connectivity index (χ3n) is 7.30. The van der Waals surface area contributed by atoms with E-state index in [1.165, 1.54) is 74.6 Å². The van der Waals surface area contributed by atoms with Crippen molar-refractivity contribution >= 4 is 0 Å². The first-order valence-electron chi connectivity index (χ1n) is 11.8. The first kappa shape index (κ1) is 21.8. The van der Waals surface area contributed by atoms with Gasteiger partial charge in [-0.2, -0.15) is 0 Å². The Hall–Kier alpha value is -2.40. The van der Waals surface area contributed by atoms with E-state index in [0.717, 1.165) is 35.8 Å². The van der Waals surface area contributed by atoms with Gasteiger partial charge in [0, 0.05) is 5.56 Å². The third-order valence-corrected chi connectivity index (χ3v) is 7.30. The molecular formula is C29H32F2. The average Bonchev–Trinajstić information content (AvgIpc) is 2.80. The maximum absolute atomic E-state index is 13.8. The van der Waals surface area contributed by atoms with Gasteiger partial charge in [0.25, 0.3) is 0 Å². The molecule has 1 fully saturated rings. The molecule has 2 aliphatic carbocycles. The summed E-state index contributed by atoms with van der Waals surface area (Å²) in [5.74, 6) is 6.70. The molecule has 0 heterocycles. The zero-order valence-electron chi connectivity index (χ0n) is 18.5. The van der Waals surface area contributed by atoms with Crippen LogP contribution in [0.5, 0.6) is 0 Å². The molecule has 0 aromatic heterocycles. The number of aryl methyl sites for hydroxylation is 1. The Balaban J connectivity index is 1.36. The number of hydrogen-bond donors (Lipinski definition) is 0. The van der Waals surface area contributed by atoms with E-state index in [9.17, 15) is 8.78 Å². The van der Waals surface area contributed by atoms with Crippen LogP contribution in [0.2, 0.25) is 0 Å². The van der Waals surface area contributed by atoms with Crippen molar-refractivity contribution in [2.45, 2.75) is 64.7 Å². The third kappa shape index (κ3) is 5.45. The summed E-state index contributed by atoms with van der Waals surface area (Å²) in [6.45, 7) is 2.11. The number of allylic oxidation sites excluding steroid dienone is 2. The minimum Gasteiger partial charge on any atom is -0.204 e.